The minimum atomic E-state index is -3.86. The van der Waals surface area contributed by atoms with Gasteiger partial charge in [-0.2, -0.15) is 4.31 Å². The van der Waals surface area contributed by atoms with E-state index >= 15 is 0 Å². The molecule has 9 nitrogen and oxygen atoms in total. The molecule has 0 amide bonds. The van der Waals surface area contributed by atoms with Gasteiger partial charge in [-0.1, -0.05) is 0 Å². The van der Waals surface area contributed by atoms with Gasteiger partial charge >= 0.3 is 0 Å². The molecule has 1 N–H and O–H groups in total. The first kappa shape index (κ1) is 22.5. The Morgan fingerprint density at radius 3 is 2.36 bits per heavy atom. The highest BCUT2D eigenvalue weighted by atomic mass is 32.2. The fraction of sp³-hybridized carbons (Fsp3) is 0.667. The van der Waals surface area contributed by atoms with Crippen molar-refractivity contribution >= 4 is 21.4 Å². The van der Waals surface area contributed by atoms with Gasteiger partial charge in [-0.3, -0.25) is 15.0 Å². The quantitative estimate of drug-likeness (QED) is 0.487. The molecule has 0 radical (unpaired) electrons. The highest BCUT2D eigenvalue weighted by Crippen LogP contribution is 2.29. The molecule has 0 aliphatic carbocycles. The number of hydrogen-bond donors (Lipinski definition) is 1. The Labute approximate surface area is 166 Å². The maximum Gasteiger partial charge on any atom is 0.270 e. The monoisotopic (exact) mass is 414 g/mol. The summed E-state index contributed by atoms with van der Waals surface area (Å²) >= 11 is 0. The standard InChI is InChI=1S/C18H30N4O5S/c1-14(2)21(15(3)4)8-7-19-17-6-5-16(22(23)24)13-18(17)28(25,26)20-9-11-27-12-10-20/h5-6,13-15,19H,7-12H2,1-4H3. The molecule has 0 aromatic heterocycles. The predicted molar refractivity (Wildman–Crippen MR) is 108 cm³/mol. The summed E-state index contributed by atoms with van der Waals surface area (Å²) in [5.41, 5.74) is 0.132. The molecule has 0 saturated carbocycles. The summed E-state index contributed by atoms with van der Waals surface area (Å²) < 4.78 is 32.7. The Morgan fingerprint density at radius 2 is 1.82 bits per heavy atom. The lowest BCUT2D eigenvalue weighted by atomic mass is 10.2. The van der Waals surface area contributed by atoms with Crippen LogP contribution in [0, 0.1) is 10.1 Å². The van der Waals surface area contributed by atoms with Gasteiger partial charge in [0.05, 0.1) is 23.8 Å². The van der Waals surface area contributed by atoms with Crippen molar-refractivity contribution in [3.8, 4) is 0 Å². The second-order valence-electron chi connectivity index (χ2n) is 7.31. The van der Waals surface area contributed by atoms with E-state index in [1.54, 1.807) is 0 Å². The van der Waals surface area contributed by atoms with Crippen LogP contribution in [0.4, 0.5) is 11.4 Å². The number of anilines is 1. The highest BCUT2D eigenvalue weighted by molar-refractivity contribution is 7.89. The molecule has 2 rings (SSSR count). The third-order valence-electron chi connectivity index (χ3n) is 4.78. The van der Waals surface area contributed by atoms with Crippen molar-refractivity contribution in [1.82, 2.24) is 9.21 Å². The number of ether oxygens (including phenoxy) is 1. The molecule has 1 aliphatic heterocycles. The maximum atomic E-state index is 13.1. The fourth-order valence-corrected chi connectivity index (χ4v) is 4.94. The molecule has 1 saturated heterocycles. The van der Waals surface area contributed by atoms with Gasteiger partial charge in [-0.25, -0.2) is 8.42 Å². The number of morpholine rings is 1. The third kappa shape index (κ3) is 5.40. The Hall–Kier alpha value is -1.75. The number of sulfonamides is 1. The minimum absolute atomic E-state index is 0.0655. The molecule has 1 aromatic rings. The van der Waals surface area contributed by atoms with E-state index in [1.165, 1.54) is 16.4 Å². The van der Waals surface area contributed by atoms with Gasteiger partial charge in [0.1, 0.15) is 4.90 Å². The summed E-state index contributed by atoms with van der Waals surface area (Å²) in [5, 5.41) is 14.3. The third-order valence-corrected chi connectivity index (χ3v) is 6.71. The van der Waals surface area contributed by atoms with Gasteiger partial charge in [0.2, 0.25) is 10.0 Å². The lowest BCUT2D eigenvalue weighted by molar-refractivity contribution is -0.385. The number of rotatable bonds is 9. The van der Waals surface area contributed by atoms with E-state index in [0.717, 1.165) is 12.6 Å². The number of benzene rings is 1. The molecule has 0 unspecified atom stereocenters. The van der Waals surface area contributed by atoms with Crippen molar-refractivity contribution in [3.05, 3.63) is 28.3 Å². The van der Waals surface area contributed by atoms with Crippen molar-refractivity contribution in [1.29, 1.82) is 0 Å². The molecule has 0 bridgehead atoms. The molecule has 10 heteroatoms. The Kier molecular flexibility index (Phi) is 7.76. The van der Waals surface area contributed by atoms with Crippen LogP contribution in [-0.2, 0) is 14.8 Å². The zero-order chi connectivity index (χ0) is 20.9. The smallest absolute Gasteiger partial charge is 0.270 e. The number of nitro groups is 1. The van der Waals surface area contributed by atoms with E-state index in [9.17, 15) is 18.5 Å². The number of non-ortho nitro benzene ring substituents is 1. The van der Waals surface area contributed by atoms with Gasteiger partial charge in [0, 0.05) is 50.4 Å². The van der Waals surface area contributed by atoms with E-state index in [0.29, 0.717) is 37.5 Å². The molecule has 0 atom stereocenters. The average molecular weight is 415 g/mol. The normalized spacial score (nSPS) is 16.1. The van der Waals surface area contributed by atoms with Crippen LogP contribution < -0.4 is 5.32 Å². The second kappa shape index (κ2) is 9.64. The van der Waals surface area contributed by atoms with Crippen LogP contribution in [0.15, 0.2) is 23.1 Å². The summed E-state index contributed by atoms with van der Waals surface area (Å²) in [4.78, 5) is 12.8. The molecule has 1 aromatic carbocycles. The molecule has 158 valence electrons. The van der Waals surface area contributed by atoms with Crippen LogP contribution in [-0.4, -0.2) is 74.0 Å². The van der Waals surface area contributed by atoms with Gasteiger partial charge in [0.25, 0.3) is 5.69 Å². The molecule has 1 fully saturated rings. The van der Waals surface area contributed by atoms with Gasteiger partial charge < -0.3 is 10.1 Å². The van der Waals surface area contributed by atoms with Crippen LogP contribution in [0.5, 0.6) is 0 Å². The zero-order valence-electron chi connectivity index (χ0n) is 16.9. The van der Waals surface area contributed by atoms with Crippen LogP contribution in [0.1, 0.15) is 27.7 Å². The Morgan fingerprint density at radius 1 is 1.21 bits per heavy atom. The summed E-state index contributed by atoms with van der Waals surface area (Å²) in [6.45, 7) is 10.8. The number of nitro benzene ring substituents is 1. The van der Waals surface area contributed by atoms with E-state index in [4.69, 9.17) is 4.74 Å². The van der Waals surface area contributed by atoms with Crippen LogP contribution in [0.2, 0.25) is 0 Å². The topological polar surface area (TPSA) is 105 Å². The SMILES string of the molecule is CC(C)N(CCNc1ccc([N+](=O)[O-])cc1S(=O)(=O)N1CCOCC1)C(C)C. The van der Waals surface area contributed by atoms with Crippen molar-refractivity contribution < 1.29 is 18.1 Å². The fourth-order valence-electron chi connectivity index (χ4n) is 3.34. The second-order valence-corrected chi connectivity index (χ2v) is 9.21. The van der Waals surface area contributed by atoms with E-state index in [-0.39, 0.29) is 23.7 Å². The largest absolute Gasteiger partial charge is 0.383 e. The molecule has 0 spiro atoms. The maximum absolute atomic E-state index is 13.1. The summed E-state index contributed by atoms with van der Waals surface area (Å²) in [5.74, 6) is 0. The van der Waals surface area contributed by atoms with Crippen LogP contribution in [0.25, 0.3) is 0 Å². The number of hydrogen-bond acceptors (Lipinski definition) is 7. The summed E-state index contributed by atoms with van der Waals surface area (Å²) in [6, 6.07) is 4.64. The lowest BCUT2D eigenvalue weighted by Gasteiger charge is -2.31. The lowest BCUT2D eigenvalue weighted by Crippen LogP contribution is -2.41. The number of nitrogens with one attached hydrogen (secondary N) is 1. The molecule has 1 heterocycles. The average Bonchev–Trinajstić information content (AvgIpc) is 2.65. The molecular formula is C18H30N4O5S. The van der Waals surface area contributed by atoms with Gasteiger partial charge in [0.15, 0.2) is 0 Å². The Bertz CT molecular complexity index is 768. The van der Waals surface area contributed by atoms with Crippen molar-refractivity contribution in [2.24, 2.45) is 0 Å². The van der Waals surface area contributed by atoms with Crippen molar-refractivity contribution in [2.45, 2.75) is 44.7 Å². The summed E-state index contributed by atoms with van der Waals surface area (Å²) in [6.07, 6.45) is 0. The van der Waals surface area contributed by atoms with E-state index < -0.39 is 14.9 Å². The van der Waals surface area contributed by atoms with Gasteiger partial charge in [-0.05, 0) is 33.8 Å². The predicted octanol–water partition coefficient (Wildman–Crippen LogP) is 2.15. The van der Waals surface area contributed by atoms with Gasteiger partial charge in [-0.15, -0.1) is 0 Å². The Balaban J connectivity index is 2.27. The molecule has 28 heavy (non-hydrogen) atoms. The van der Waals surface area contributed by atoms with Crippen LogP contribution >= 0.6 is 0 Å². The highest BCUT2D eigenvalue weighted by Gasteiger charge is 2.30. The summed E-state index contributed by atoms with van der Waals surface area (Å²) in [7, 11) is -3.86. The first-order valence-electron chi connectivity index (χ1n) is 9.50. The zero-order valence-corrected chi connectivity index (χ0v) is 17.7. The van der Waals surface area contributed by atoms with Crippen molar-refractivity contribution in [2.75, 3.05) is 44.7 Å². The first-order chi connectivity index (χ1) is 13.1. The number of nitrogens with zero attached hydrogens (tertiary/aromatic N) is 3. The minimum Gasteiger partial charge on any atom is -0.383 e. The van der Waals surface area contributed by atoms with E-state index in [2.05, 4.69) is 37.9 Å². The van der Waals surface area contributed by atoms with Crippen LogP contribution in [0.3, 0.4) is 0 Å². The van der Waals surface area contributed by atoms with Crippen molar-refractivity contribution in [3.63, 3.8) is 0 Å². The van der Waals surface area contributed by atoms with E-state index in [1.807, 2.05) is 0 Å². The first-order valence-corrected chi connectivity index (χ1v) is 10.9. The molecule has 1 aliphatic rings. The molecular weight excluding hydrogens is 384 g/mol.